The van der Waals surface area contributed by atoms with Crippen molar-refractivity contribution in [2.45, 2.75) is 39.7 Å². The van der Waals surface area contributed by atoms with Crippen LogP contribution < -0.4 is 5.32 Å². The van der Waals surface area contributed by atoms with Crippen molar-refractivity contribution in [2.24, 2.45) is 11.8 Å². The predicted octanol–water partition coefficient (Wildman–Crippen LogP) is 2.82. The van der Waals surface area contributed by atoms with E-state index in [1.54, 1.807) is 0 Å². The summed E-state index contributed by atoms with van der Waals surface area (Å²) in [6, 6.07) is 7.09. The van der Waals surface area contributed by atoms with Crippen LogP contribution in [-0.4, -0.2) is 60.9 Å². The maximum absolute atomic E-state index is 13.0. The summed E-state index contributed by atoms with van der Waals surface area (Å²) in [6.45, 7) is 9.25. The van der Waals surface area contributed by atoms with Crippen molar-refractivity contribution in [3.05, 3.63) is 34.9 Å². The molecule has 0 spiro atoms. The summed E-state index contributed by atoms with van der Waals surface area (Å²) in [6.07, 6.45) is 1.28. The monoisotopic (exact) mass is 393 g/mol. The van der Waals surface area contributed by atoms with Crippen LogP contribution in [0.2, 0.25) is 5.02 Å². The van der Waals surface area contributed by atoms with Crippen molar-refractivity contribution in [1.82, 2.24) is 15.1 Å². The van der Waals surface area contributed by atoms with Crippen LogP contribution in [0.5, 0.6) is 0 Å². The Bertz CT molecular complexity index is 625. The smallest absolute Gasteiger partial charge is 0.245 e. The second-order valence-corrected chi connectivity index (χ2v) is 8.49. The molecule has 1 N–H and O–H groups in total. The lowest BCUT2D eigenvalue weighted by atomic mass is 9.98. The molecular weight excluding hydrogens is 362 g/mol. The number of benzene rings is 1. The molecule has 0 saturated carbocycles. The van der Waals surface area contributed by atoms with Crippen LogP contribution in [0.4, 0.5) is 0 Å². The number of likely N-dealkylation sites (N-methyl/N-ethyl adjacent to an activating group) is 1. The third kappa shape index (κ3) is 6.82. The zero-order chi connectivity index (χ0) is 20.0. The average molecular weight is 394 g/mol. The molecule has 1 aliphatic heterocycles. The molecule has 1 saturated heterocycles. The Balaban J connectivity index is 1.97. The van der Waals surface area contributed by atoms with Crippen molar-refractivity contribution < 1.29 is 9.59 Å². The minimum Gasteiger partial charge on any atom is -0.344 e. The van der Waals surface area contributed by atoms with E-state index in [1.165, 1.54) is 0 Å². The Hall–Kier alpha value is -1.59. The summed E-state index contributed by atoms with van der Waals surface area (Å²) >= 11 is 5.92. The first-order valence-corrected chi connectivity index (χ1v) is 10.2. The summed E-state index contributed by atoms with van der Waals surface area (Å²) < 4.78 is 0. The zero-order valence-corrected chi connectivity index (χ0v) is 17.6. The lowest BCUT2D eigenvalue weighted by Crippen LogP contribution is -2.55. The molecule has 1 fully saturated rings. The summed E-state index contributed by atoms with van der Waals surface area (Å²) in [5.74, 6) is 0.0985. The van der Waals surface area contributed by atoms with Crippen LogP contribution in [0.25, 0.3) is 0 Å². The van der Waals surface area contributed by atoms with Gasteiger partial charge in [0.2, 0.25) is 11.8 Å². The number of hydrogen-bond donors (Lipinski definition) is 1. The van der Waals surface area contributed by atoms with Gasteiger partial charge in [0.25, 0.3) is 0 Å². The van der Waals surface area contributed by atoms with Gasteiger partial charge in [0.1, 0.15) is 6.04 Å². The van der Waals surface area contributed by atoms with Gasteiger partial charge in [-0.05, 0) is 43.5 Å². The van der Waals surface area contributed by atoms with E-state index in [0.717, 1.165) is 31.7 Å². The van der Waals surface area contributed by atoms with E-state index < -0.39 is 6.04 Å². The van der Waals surface area contributed by atoms with Gasteiger partial charge in [-0.2, -0.15) is 0 Å². The first kappa shape index (κ1) is 21.7. The molecule has 1 heterocycles. The quantitative estimate of drug-likeness (QED) is 0.775. The van der Waals surface area contributed by atoms with E-state index in [4.69, 9.17) is 11.6 Å². The van der Waals surface area contributed by atoms with Crippen molar-refractivity contribution in [1.29, 1.82) is 0 Å². The van der Waals surface area contributed by atoms with E-state index in [9.17, 15) is 9.59 Å². The fraction of sp³-hybridized carbons (Fsp3) is 0.619. The van der Waals surface area contributed by atoms with Gasteiger partial charge >= 0.3 is 0 Å². The van der Waals surface area contributed by atoms with Gasteiger partial charge < -0.3 is 15.1 Å². The van der Waals surface area contributed by atoms with Gasteiger partial charge in [0, 0.05) is 37.1 Å². The minimum absolute atomic E-state index is 0.0452. The number of nitrogens with one attached hydrogen (secondary N) is 1. The molecule has 1 aromatic rings. The number of halogens is 1. The van der Waals surface area contributed by atoms with Gasteiger partial charge in [-0.15, -0.1) is 0 Å². The van der Waals surface area contributed by atoms with Gasteiger partial charge in [-0.1, -0.05) is 44.5 Å². The summed E-state index contributed by atoms with van der Waals surface area (Å²) in [4.78, 5) is 29.8. The molecule has 150 valence electrons. The largest absolute Gasteiger partial charge is 0.344 e. The first-order chi connectivity index (χ1) is 12.8. The molecule has 1 aliphatic rings. The van der Waals surface area contributed by atoms with Crippen molar-refractivity contribution >= 4 is 23.4 Å². The molecule has 0 radical (unpaired) electrons. The van der Waals surface area contributed by atoms with E-state index >= 15 is 0 Å². The van der Waals surface area contributed by atoms with Crippen molar-refractivity contribution in [2.75, 3.05) is 33.2 Å². The third-order valence-corrected chi connectivity index (χ3v) is 5.29. The molecule has 2 amide bonds. The molecule has 27 heavy (non-hydrogen) atoms. The SMILES string of the molecule is CC(C)C[C@@H](NC(=O)C(C)Cc1ccc(Cl)cc1)C(=O)N1CCN(C)CC1. The Morgan fingerprint density at radius 2 is 1.67 bits per heavy atom. The second kappa shape index (κ2) is 10.1. The number of nitrogens with zero attached hydrogens (tertiary/aromatic N) is 2. The van der Waals surface area contributed by atoms with Gasteiger partial charge in [0.05, 0.1) is 0 Å². The molecule has 5 nitrogen and oxygen atoms in total. The summed E-state index contributed by atoms with van der Waals surface area (Å²) in [7, 11) is 2.06. The fourth-order valence-corrected chi connectivity index (χ4v) is 3.45. The molecule has 2 atom stereocenters. The number of carbonyl (C=O) groups excluding carboxylic acids is 2. The minimum atomic E-state index is -0.450. The second-order valence-electron chi connectivity index (χ2n) is 8.05. The van der Waals surface area contributed by atoms with Crippen molar-refractivity contribution in [3.63, 3.8) is 0 Å². The maximum atomic E-state index is 13.0. The van der Waals surface area contributed by atoms with Gasteiger partial charge in [0.15, 0.2) is 0 Å². The highest BCUT2D eigenvalue weighted by Gasteiger charge is 2.29. The molecule has 1 unspecified atom stereocenters. The number of piperazine rings is 1. The highest BCUT2D eigenvalue weighted by molar-refractivity contribution is 6.30. The van der Waals surface area contributed by atoms with Crippen LogP contribution in [0.3, 0.4) is 0 Å². The van der Waals surface area contributed by atoms with Crippen molar-refractivity contribution in [3.8, 4) is 0 Å². The standard InChI is InChI=1S/C21H32ClN3O2/c1-15(2)13-19(21(27)25-11-9-24(4)10-12-25)23-20(26)16(3)14-17-5-7-18(22)8-6-17/h5-8,15-16,19H,9-14H2,1-4H3,(H,23,26)/t16?,19-/m1/s1. The Morgan fingerprint density at radius 3 is 2.22 bits per heavy atom. The third-order valence-electron chi connectivity index (χ3n) is 5.04. The highest BCUT2D eigenvalue weighted by Crippen LogP contribution is 2.15. The number of hydrogen-bond acceptors (Lipinski definition) is 3. The molecule has 2 rings (SSSR count). The first-order valence-electron chi connectivity index (χ1n) is 9.78. The van der Waals surface area contributed by atoms with Crippen LogP contribution in [0.15, 0.2) is 24.3 Å². The van der Waals surface area contributed by atoms with E-state index in [0.29, 0.717) is 23.8 Å². The average Bonchev–Trinajstić information content (AvgIpc) is 2.62. The predicted molar refractivity (Wildman–Crippen MR) is 110 cm³/mol. The zero-order valence-electron chi connectivity index (χ0n) is 16.9. The van der Waals surface area contributed by atoms with E-state index in [1.807, 2.05) is 36.1 Å². The molecule has 0 aromatic heterocycles. The topological polar surface area (TPSA) is 52.7 Å². The molecule has 0 bridgehead atoms. The Kier molecular flexibility index (Phi) is 8.11. The van der Waals surface area contributed by atoms with E-state index in [-0.39, 0.29) is 17.7 Å². The number of carbonyl (C=O) groups is 2. The van der Waals surface area contributed by atoms with E-state index in [2.05, 4.69) is 31.1 Å². The van der Waals surface area contributed by atoms with Crippen LogP contribution in [0.1, 0.15) is 32.8 Å². The Morgan fingerprint density at radius 1 is 1.07 bits per heavy atom. The van der Waals surface area contributed by atoms with Gasteiger partial charge in [-0.3, -0.25) is 9.59 Å². The lowest BCUT2D eigenvalue weighted by molar-refractivity contribution is -0.139. The molecule has 1 aromatic carbocycles. The lowest BCUT2D eigenvalue weighted by Gasteiger charge is -2.35. The molecule has 6 heteroatoms. The fourth-order valence-electron chi connectivity index (χ4n) is 3.32. The van der Waals surface area contributed by atoms with Gasteiger partial charge in [-0.25, -0.2) is 0 Å². The van der Waals surface area contributed by atoms with Crippen LogP contribution in [-0.2, 0) is 16.0 Å². The van der Waals surface area contributed by atoms with Crippen LogP contribution in [0, 0.1) is 11.8 Å². The normalized spacial score (nSPS) is 17.6. The summed E-state index contributed by atoms with van der Waals surface area (Å²) in [5.41, 5.74) is 1.06. The summed E-state index contributed by atoms with van der Waals surface area (Å²) in [5, 5.41) is 3.70. The number of rotatable bonds is 7. The number of amides is 2. The Labute approximate surface area is 168 Å². The highest BCUT2D eigenvalue weighted by atomic mass is 35.5. The molecule has 0 aliphatic carbocycles. The maximum Gasteiger partial charge on any atom is 0.245 e. The molecular formula is C21H32ClN3O2. The van der Waals surface area contributed by atoms with Crippen LogP contribution >= 0.6 is 11.6 Å².